The molecule has 1 fully saturated rings. The van der Waals surface area contributed by atoms with Gasteiger partial charge in [-0.25, -0.2) is 0 Å². The molecule has 1 saturated heterocycles. The lowest BCUT2D eigenvalue weighted by Gasteiger charge is -2.49. The topological polar surface area (TPSA) is 78.9 Å². The van der Waals surface area contributed by atoms with E-state index in [1.165, 1.54) is 22.3 Å². The van der Waals surface area contributed by atoms with Crippen LogP contribution >= 0.6 is 0 Å². The summed E-state index contributed by atoms with van der Waals surface area (Å²) in [5.41, 5.74) is 6.02. The molecule has 4 heterocycles. The fourth-order valence-electron chi connectivity index (χ4n) is 8.45. The fourth-order valence-corrected chi connectivity index (χ4v) is 8.45. The maximum atomic E-state index is 14.2. The summed E-state index contributed by atoms with van der Waals surface area (Å²) in [6.07, 6.45) is 5.11. The van der Waals surface area contributed by atoms with Crippen LogP contribution in [0.1, 0.15) is 66.1 Å². The molecule has 0 aromatic heterocycles. The highest BCUT2D eigenvalue weighted by molar-refractivity contribution is 5.80. The quantitative estimate of drug-likeness (QED) is 0.275. The Kier molecular flexibility index (Phi) is 8.83. The summed E-state index contributed by atoms with van der Waals surface area (Å²) in [5.74, 6) is 5.51. The van der Waals surface area contributed by atoms with Gasteiger partial charge in [0.1, 0.15) is 0 Å². The average molecular weight is 643 g/mol. The summed E-state index contributed by atoms with van der Waals surface area (Å²) in [6, 6.07) is 14.6. The minimum atomic E-state index is -0.0702. The molecule has 47 heavy (non-hydrogen) atoms. The Morgan fingerprint density at radius 3 is 2.13 bits per heavy atom. The summed E-state index contributed by atoms with van der Waals surface area (Å²) in [7, 11) is 6.77. The number of rotatable bonds is 9. The molecular weight excluding hydrogens is 596 g/mol. The van der Waals surface area contributed by atoms with Crippen molar-refractivity contribution in [3.63, 3.8) is 0 Å². The first kappa shape index (κ1) is 31.5. The van der Waals surface area contributed by atoms with Gasteiger partial charge in [-0.1, -0.05) is 19.4 Å². The van der Waals surface area contributed by atoms with Crippen molar-refractivity contribution in [1.29, 1.82) is 0 Å². The predicted molar refractivity (Wildman–Crippen MR) is 178 cm³/mol. The Hall–Kier alpha value is -4.11. The van der Waals surface area contributed by atoms with Crippen molar-refractivity contribution < 1.29 is 33.2 Å². The normalized spacial score (nSPS) is 23.0. The number of methoxy groups -OCH3 is 4. The third kappa shape index (κ3) is 5.83. The molecule has 0 N–H and O–H groups in total. The van der Waals surface area contributed by atoms with Crippen LogP contribution in [-0.4, -0.2) is 70.6 Å². The number of ether oxygens (including phenoxy) is 6. The zero-order valence-electron chi connectivity index (χ0n) is 28.2. The van der Waals surface area contributed by atoms with E-state index in [9.17, 15) is 4.79 Å². The summed E-state index contributed by atoms with van der Waals surface area (Å²) in [5, 5.41) is 0. The van der Waals surface area contributed by atoms with Gasteiger partial charge in [-0.3, -0.25) is 9.69 Å². The van der Waals surface area contributed by atoms with E-state index in [-0.39, 0.29) is 18.7 Å². The van der Waals surface area contributed by atoms with Gasteiger partial charge in [0, 0.05) is 25.7 Å². The molecule has 9 heteroatoms. The van der Waals surface area contributed by atoms with E-state index in [4.69, 9.17) is 28.4 Å². The SMILES string of the molecule is CCC1CN2CCc3cc(OC)c(OC)cc3C2CC1CC1c2cc(OC)c(OC)cc2CCN1C(=O)Cc1ccc2c(c1)OCO2. The lowest BCUT2D eigenvalue weighted by molar-refractivity contribution is -0.134. The van der Waals surface area contributed by atoms with E-state index in [2.05, 4.69) is 41.0 Å². The summed E-state index contributed by atoms with van der Waals surface area (Å²) in [6.45, 7) is 5.28. The lowest BCUT2D eigenvalue weighted by atomic mass is 9.72. The smallest absolute Gasteiger partial charge is 0.231 e. The maximum Gasteiger partial charge on any atom is 0.231 e. The van der Waals surface area contributed by atoms with Gasteiger partial charge in [0.05, 0.1) is 40.9 Å². The molecule has 4 unspecified atom stereocenters. The van der Waals surface area contributed by atoms with Gasteiger partial charge >= 0.3 is 0 Å². The molecule has 0 aliphatic carbocycles. The second kappa shape index (κ2) is 13.2. The van der Waals surface area contributed by atoms with E-state index in [0.717, 1.165) is 73.8 Å². The van der Waals surface area contributed by atoms with Crippen LogP contribution in [0.3, 0.4) is 0 Å². The van der Waals surface area contributed by atoms with E-state index >= 15 is 0 Å². The molecule has 1 amide bonds. The van der Waals surface area contributed by atoms with Crippen LogP contribution in [0.2, 0.25) is 0 Å². The van der Waals surface area contributed by atoms with Crippen molar-refractivity contribution in [2.45, 2.75) is 57.5 Å². The Bertz CT molecular complexity index is 1640. The fraction of sp³-hybridized carbons (Fsp3) is 0.500. The second-order valence-corrected chi connectivity index (χ2v) is 13.2. The van der Waals surface area contributed by atoms with E-state index in [1.807, 2.05) is 18.2 Å². The molecular formula is C38H46N2O7. The number of carbonyl (C=O) groups is 1. The summed E-state index contributed by atoms with van der Waals surface area (Å²) in [4.78, 5) is 19.0. The minimum absolute atomic E-state index is 0.0702. The van der Waals surface area contributed by atoms with Gasteiger partial charge in [-0.05, 0) is 102 Å². The molecule has 250 valence electrons. The second-order valence-electron chi connectivity index (χ2n) is 13.2. The molecule has 9 nitrogen and oxygen atoms in total. The zero-order chi connectivity index (χ0) is 32.7. The molecule has 4 aliphatic rings. The molecule has 3 aromatic carbocycles. The first-order chi connectivity index (χ1) is 22.9. The van der Waals surface area contributed by atoms with Crippen LogP contribution in [-0.2, 0) is 24.1 Å². The number of hydrogen-bond acceptors (Lipinski definition) is 8. The van der Waals surface area contributed by atoms with Gasteiger partial charge in [0.2, 0.25) is 12.7 Å². The van der Waals surface area contributed by atoms with Crippen molar-refractivity contribution in [3.8, 4) is 34.5 Å². The molecule has 4 aliphatic heterocycles. The maximum absolute atomic E-state index is 14.2. The van der Waals surface area contributed by atoms with Crippen LogP contribution in [0.15, 0.2) is 42.5 Å². The number of carbonyl (C=O) groups excluding carboxylic acids is 1. The van der Waals surface area contributed by atoms with Gasteiger partial charge in [0.15, 0.2) is 34.5 Å². The summed E-state index contributed by atoms with van der Waals surface area (Å²) < 4.78 is 34.0. The van der Waals surface area contributed by atoms with Crippen LogP contribution in [0, 0.1) is 11.8 Å². The molecule has 0 radical (unpaired) electrons. The van der Waals surface area contributed by atoms with E-state index in [1.54, 1.807) is 28.4 Å². The van der Waals surface area contributed by atoms with Crippen LogP contribution in [0.4, 0.5) is 0 Å². The molecule has 4 atom stereocenters. The number of fused-ring (bicyclic) bond motifs is 5. The summed E-state index contributed by atoms with van der Waals surface area (Å²) >= 11 is 0. The van der Waals surface area contributed by atoms with Gasteiger partial charge in [0.25, 0.3) is 0 Å². The molecule has 3 aromatic rings. The van der Waals surface area contributed by atoms with Crippen molar-refractivity contribution in [2.75, 3.05) is 54.9 Å². The minimum Gasteiger partial charge on any atom is -0.493 e. The highest BCUT2D eigenvalue weighted by Crippen LogP contribution is 2.49. The Morgan fingerprint density at radius 1 is 0.787 bits per heavy atom. The highest BCUT2D eigenvalue weighted by Gasteiger charge is 2.42. The number of piperidine rings is 1. The van der Waals surface area contributed by atoms with Crippen LogP contribution in [0.5, 0.6) is 34.5 Å². The first-order valence-electron chi connectivity index (χ1n) is 16.9. The predicted octanol–water partition coefficient (Wildman–Crippen LogP) is 6.15. The third-order valence-corrected chi connectivity index (χ3v) is 10.9. The average Bonchev–Trinajstić information content (AvgIpc) is 3.58. The van der Waals surface area contributed by atoms with E-state index in [0.29, 0.717) is 42.3 Å². The van der Waals surface area contributed by atoms with Gasteiger partial charge < -0.3 is 33.3 Å². The van der Waals surface area contributed by atoms with Crippen LogP contribution < -0.4 is 28.4 Å². The zero-order valence-corrected chi connectivity index (χ0v) is 28.2. The highest BCUT2D eigenvalue weighted by atomic mass is 16.7. The molecule has 7 rings (SSSR count). The number of benzene rings is 3. The largest absolute Gasteiger partial charge is 0.493 e. The van der Waals surface area contributed by atoms with Crippen LogP contribution in [0.25, 0.3) is 0 Å². The number of hydrogen-bond donors (Lipinski definition) is 0. The Morgan fingerprint density at radius 2 is 1.43 bits per heavy atom. The molecule has 0 spiro atoms. The molecule has 0 saturated carbocycles. The third-order valence-electron chi connectivity index (χ3n) is 10.9. The van der Waals surface area contributed by atoms with Crippen molar-refractivity contribution >= 4 is 5.91 Å². The number of amides is 1. The first-order valence-corrected chi connectivity index (χ1v) is 16.9. The standard InChI is InChI=1S/C38H46N2O7/c1-6-24-21-39-11-9-25-17-33(42-2)35(44-4)19-28(25)30(39)15-27(24)16-31-29-20-36(45-5)34(43-3)18-26(29)10-12-40(31)38(41)14-23-7-8-32-37(13-23)47-22-46-32/h7-8,13,17-20,24,27,30-31H,6,9-12,14-16,21-22H2,1-5H3. The Labute approximate surface area is 277 Å². The van der Waals surface area contributed by atoms with Crippen molar-refractivity contribution in [1.82, 2.24) is 9.80 Å². The van der Waals surface area contributed by atoms with Crippen molar-refractivity contribution in [3.05, 3.63) is 70.3 Å². The number of nitrogens with zero attached hydrogens (tertiary/aromatic N) is 2. The van der Waals surface area contributed by atoms with Gasteiger partial charge in [-0.15, -0.1) is 0 Å². The Balaban J connectivity index is 1.22. The monoisotopic (exact) mass is 642 g/mol. The van der Waals surface area contributed by atoms with E-state index < -0.39 is 0 Å². The lowest BCUT2D eigenvalue weighted by Crippen LogP contribution is -2.48. The molecule has 0 bridgehead atoms. The van der Waals surface area contributed by atoms with Crippen molar-refractivity contribution in [2.24, 2.45) is 11.8 Å². The van der Waals surface area contributed by atoms with Gasteiger partial charge in [-0.2, -0.15) is 0 Å².